The van der Waals surface area contributed by atoms with E-state index in [1.165, 1.54) is 0 Å². The Bertz CT molecular complexity index is 403. The predicted octanol–water partition coefficient (Wildman–Crippen LogP) is 0.817. The highest BCUT2D eigenvalue weighted by Crippen LogP contribution is 2.31. The van der Waals surface area contributed by atoms with E-state index in [1.807, 2.05) is 31.3 Å². The van der Waals surface area contributed by atoms with Crippen LogP contribution in [-0.2, 0) is 4.79 Å². The van der Waals surface area contributed by atoms with Crippen molar-refractivity contribution in [3.63, 3.8) is 0 Å². The monoisotopic (exact) mass is 219 g/mol. The van der Waals surface area contributed by atoms with Crippen LogP contribution >= 0.6 is 0 Å². The lowest BCUT2D eigenvalue weighted by atomic mass is 10.1. The van der Waals surface area contributed by atoms with Crippen LogP contribution in [0.15, 0.2) is 24.3 Å². The molecule has 0 aromatic heterocycles. The zero-order valence-electron chi connectivity index (χ0n) is 9.68. The summed E-state index contributed by atoms with van der Waals surface area (Å²) in [4.78, 5) is 15.9. The van der Waals surface area contributed by atoms with Crippen molar-refractivity contribution in [1.82, 2.24) is 0 Å². The van der Waals surface area contributed by atoms with E-state index in [0.717, 1.165) is 17.9 Å². The van der Waals surface area contributed by atoms with Crippen LogP contribution in [0.4, 0.5) is 11.4 Å². The van der Waals surface area contributed by atoms with E-state index < -0.39 is 6.04 Å². The summed E-state index contributed by atoms with van der Waals surface area (Å²) in [5.74, 6) is -0.0134. The molecule has 2 rings (SSSR count). The second-order valence-corrected chi connectivity index (χ2v) is 4.19. The van der Waals surface area contributed by atoms with Crippen molar-refractivity contribution in [2.45, 2.75) is 13.0 Å². The summed E-state index contributed by atoms with van der Waals surface area (Å²) in [6.07, 6.45) is 0. The summed E-state index contributed by atoms with van der Waals surface area (Å²) in [6.45, 7) is 3.27. The number of amides is 1. The number of nitrogens with two attached hydrogens (primary N) is 1. The molecule has 1 atom stereocenters. The summed E-state index contributed by atoms with van der Waals surface area (Å²) in [6, 6.07) is 7.46. The van der Waals surface area contributed by atoms with Crippen LogP contribution in [0.5, 0.6) is 0 Å². The van der Waals surface area contributed by atoms with Gasteiger partial charge in [-0.25, -0.2) is 0 Å². The third kappa shape index (κ3) is 1.76. The largest absolute Gasteiger partial charge is 0.371 e. The number of para-hydroxylation sites is 2. The number of fused-ring (bicyclic) bond motifs is 1. The van der Waals surface area contributed by atoms with Crippen molar-refractivity contribution in [2.24, 2.45) is 5.73 Å². The Morgan fingerprint density at radius 1 is 1.31 bits per heavy atom. The van der Waals surface area contributed by atoms with Crippen molar-refractivity contribution in [3.05, 3.63) is 24.3 Å². The lowest BCUT2D eigenvalue weighted by Gasteiger charge is -2.36. The average molecular weight is 219 g/mol. The fraction of sp³-hybridized carbons (Fsp3) is 0.417. The molecule has 0 spiro atoms. The minimum atomic E-state index is -0.448. The lowest BCUT2D eigenvalue weighted by molar-refractivity contribution is -0.119. The third-order valence-electron chi connectivity index (χ3n) is 2.90. The van der Waals surface area contributed by atoms with Crippen LogP contribution in [-0.4, -0.2) is 32.1 Å². The van der Waals surface area contributed by atoms with Gasteiger partial charge in [0, 0.05) is 20.1 Å². The van der Waals surface area contributed by atoms with Crippen molar-refractivity contribution >= 4 is 17.3 Å². The Balaban J connectivity index is 2.38. The van der Waals surface area contributed by atoms with Crippen LogP contribution in [0.2, 0.25) is 0 Å². The summed E-state index contributed by atoms with van der Waals surface area (Å²) >= 11 is 0. The molecule has 1 aromatic carbocycles. The van der Waals surface area contributed by atoms with Gasteiger partial charge in [-0.3, -0.25) is 4.79 Å². The zero-order valence-corrected chi connectivity index (χ0v) is 9.68. The van der Waals surface area contributed by atoms with Gasteiger partial charge in [-0.1, -0.05) is 12.1 Å². The minimum Gasteiger partial charge on any atom is -0.371 e. The normalized spacial score (nSPS) is 16.9. The Hall–Kier alpha value is -1.55. The number of benzene rings is 1. The number of rotatable bonds is 1. The molecule has 0 unspecified atom stereocenters. The Morgan fingerprint density at radius 2 is 1.94 bits per heavy atom. The van der Waals surface area contributed by atoms with Gasteiger partial charge >= 0.3 is 0 Å². The Kier molecular flexibility index (Phi) is 2.83. The van der Waals surface area contributed by atoms with Gasteiger partial charge in [0.25, 0.3) is 0 Å². The second-order valence-electron chi connectivity index (χ2n) is 4.19. The molecular weight excluding hydrogens is 202 g/mol. The van der Waals surface area contributed by atoms with E-state index >= 15 is 0 Å². The van der Waals surface area contributed by atoms with Crippen LogP contribution in [0, 0.1) is 0 Å². The van der Waals surface area contributed by atoms with E-state index in [2.05, 4.69) is 4.90 Å². The number of hydrogen-bond acceptors (Lipinski definition) is 3. The van der Waals surface area contributed by atoms with E-state index in [1.54, 1.807) is 11.8 Å². The maximum Gasteiger partial charge on any atom is 0.243 e. The molecule has 4 heteroatoms. The molecule has 1 heterocycles. The minimum absolute atomic E-state index is 0.0134. The first-order valence-corrected chi connectivity index (χ1v) is 5.48. The van der Waals surface area contributed by atoms with Crippen LogP contribution < -0.4 is 15.5 Å². The first kappa shape index (κ1) is 11.0. The molecule has 2 N–H and O–H groups in total. The van der Waals surface area contributed by atoms with Crippen molar-refractivity contribution in [2.75, 3.05) is 29.9 Å². The van der Waals surface area contributed by atoms with E-state index in [0.29, 0.717) is 6.54 Å². The number of hydrogen-bond donors (Lipinski definition) is 1. The summed E-state index contributed by atoms with van der Waals surface area (Å²) in [7, 11) is 2.03. The fourth-order valence-electron chi connectivity index (χ4n) is 1.98. The lowest BCUT2D eigenvalue weighted by Crippen LogP contribution is -2.48. The van der Waals surface area contributed by atoms with Crippen molar-refractivity contribution < 1.29 is 4.79 Å². The number of carbonyl (C=O) groups is 1. The quantitative estimate of drug-likeness (QED) is 0.760. The predicted molar refractivity (Wildman–Crippen MR) is 65.7 cm³/mol. The molecule has 1 amide bonds. The average Bonchev–Trinajstić information content (AvgIpc) is 2.29. The van der Waals surface area contributed by atoms with Crippen LogP contribution in [0.3, 0.4) is 0 Å². The number of likely N-dealkylation sites (N-methyl/N-ethyl adjacent to an activating group) is 1. The Morgan fingerprint density at radius 3 is 2.56 bits per heavy atom. The summed E-state index contributed by atoms with van der Waals surface area (Å²) in [5, 5.41) is 0. The highest BCUT2D eigenvalue weighted by Gasteiger charge is 2.26. The van der Waals surface area contributed by atoms with Gasteiger partial charge in [0.1, 0.15) is 0 Å². The van der Waals surface area contributed by atoms with Gasteiger partial charge in [0.2, 0.25) is 5.91 Å². The number of carbonyl (C=O) groups excluding carboxylic acids is 1. The second kappa shape index (κ2) is 4.14. The summed E-state index contributed by atoms with van der Waals surface area (Å²) < 4.78 is 0. The van der Waals surface area contributed by atoms with E-state index in [4.69, 9.17) is 5.73 Å². The highest BCUT2D eigenvalue weighted by molar-refractivity contribution is 6.00. The molecule has 0 aliphatic carbocycles. The van der Waals surface area contributed by atoms with Gasteiger partial charge in [0.15, 0.2) is 0 Å². The van der Waals surface area contributed by atoms with Crippen molar-refractivity contribution in [3.8, 4) is 0 Å². The molecule has 1 aliphatic rings. The maximum atomic E-state index is 11.9. The molecule has 1 aromatic rings. The van der Waals surface area contributed by atoms with E-state index in [-0.39, 0.29) is 5.91 Å². The van der Waals surface area contributed by atoms with Gasteiger partial charge in [-0.15, -0.1) is 0 Å². The van der Waals surface area contributed by atoms with Crippen LogP contribution in [0.1, 0.15) is 6.92 Å². The third-order valence-corrected chi connectivity index (χ3v) is 2.90. The van der Waals surface area contributed by atoms with Gasteiger partial charge in [-0.2, -0.15) is 0 Å². The van der Waals surface area contributed by atoms with Crippen molar-refractivity contribution in [1.29, 1.82) is 0 Å². The number of anilines is 2. The molecule has 0 saturated heterocycles. The Labute approximate surface area is 95.6 Å². The molecule has 0 radical (unpaired) electrons. The zero-order chi connectivity index (χ0) is 11.7. The molecule has 86 valence electrons. The molecule has 1 aliphatic heterocycles. The molecular formula is C12H17N3O. The fourth-order valence-corrected chi connectivity index (χ4v) is 1.98. The smallest absolute Gasteiger partial charge is 0.243 e. The van der Waals surface area contributed by atoms with Gasteiger partial charge < -0.3 is 15.5 Å². The molecule has 0 bridgehead atoms. The highest BCUT2D eigenvalue weighted by atomic mass is 16.2. The van der Waals surface area contributed by atoms with Crippen LogP contribution in [0.25, 0.3) is 0 Å². The first-order chi connectivity index (χ1) is 7.61. The van der Waals surface area contributed by atoms with Gasteiger partial charge in [0.05, 0.1) is 17.4 Å². The first-order valence-electron chi connectivity index (χ1n) is 5.48. The molecule has 0 saturated carbocycles. The molecule has 0 fully saturated rings. The number of nitrogens with zero attached hydrogens (tertiary/aromatic N) is 2. The standard InChI is InChI=1S/C12H17N3O/c1-9(13)12(16)15-8-7-14(2)10-5-3-4-6-11(10)15/h3-6,9H,7-8,13H2,1-2H3/t9-/m1/s1. The molecule has 16 heavy (non-hydrogen) atoms. The summed E-state index contributed by atoms with van der Waals surface area (Å²) in [5.41, 5.74) is 7.70. The topological polar surface area (TPSA) is 49.6 Å². The van der Waals surface area contributed by atoms with E-state index in [9.17, 15) is 4.79 Å². The molecule has 4 nitrogen and oxygen atoms in total. The van der Waals surface area contributed by atoms with Gasteiger partial charge in [-0.05, 0) is 19.1 Å². The SMILES string of the molecule is C[C@@H](N)C(=O)N1CCN(C)c2ccccc21. The maximum absolute atomic E-state index is 11.9.